The van der Waals surface area contributed by atoms with Crippen LogP contribution < -0.4 is 10.2 Å². The molecule has 0 bridgehead atoms. The third-order valence-corrected chi connectivity index (χ3v) is 2.44. The second-order valence-electron chi connectivity index (χ2n) is 3.99. The third-order valence-electron chi connectivity index (χ3n) is 2.44. The molecule has 6 N–H and O–H groups in total. The molecular formula is C14H14CuN2O6. The fourth-order valence-corrected chi connectivity index (χ4v) is 1.42. The average Bonchev–Trinajstić information content (AvgIpc) is 2.46. The van der Waals surface area contributed by atoms with Gasteiger partial charge in [-0.15, -0.1) is 0 Å². The first-order chi connectivity index (χ1) is 10.5. The van der Waals surface area contributed by atoms with E-state index in [2.05, 4.69) is 10.3 Å². The molecule has 8 nitrogen and oxygen atoms in total. The van der Waals surface area contributed by atoms with E-state index in [-0.39, 0.29) is 40.1 Å². The van der Waals surface area contributed by atoms with Gasteiger partial charge in [0.25, 0.3) is 11.5 Å². The average molecular weight is 370 g/mol. The summed E-state index contributed by atoms with van der Waals surface area (Å²) < 4.78 is 0. The van der Waals surface area contributed by atoms with Crippen LogP contribution in [0.3, 0.4) is 0 Å². The molecule has 23 heavy (non-hydrogen) atoms. The summed E-state index contributed by atoms with van der Waals surface area (Å²) in [5.41, 5.74) is 0.846. The van der Waals surface area contributed by atoms with Gasteiger partial charge in [-0.1, -0.05) is 33.9 Å². The molecular weight excluding hydrogens is 356 g/mol. The maximum Gasteiger partial charge on any atom is 0.262 e. The minimum Gasteiger partial charge on any atom is -0.872 e. The Labute approximate surface area is 141 Å². The fraction of sp³-hybridized carbons (Fsp3) is 0. The van der Waals surface area contributed by atoms with Gasteiger partial charge in [0.05, 0.1) is 23.6 Å². The van der Waals surface area contributed by atoms with Gasteiger partial charge in [-0.25, -0.2) is 0 Å². The van der Waals surface area contributed by atoms with Crippen molar-refractivity contribution >= 4 is 12.4 Å². The molecule has 0 spiro atoms. The van der Waals surface area contributed by atoms with Crippen molar-refractivity contribution in [2.45, 2.75) is 0 Å². The Bertz CT molecular complexity index is 631. The molecule has 0 saturated carbocycles. The van der Waals surface area contributed by atoms with Crippen LogP contribution in [-0.4, -0.2) is 33.1 Å². The number of hydrogen-bond acceptors (Lipinski definition) is 6. The smallest absolute Gasteiger partial charge is 0.262 e. The van der Waals surface area contributed by atoms with Crippen molar-refractivity contribution in [3.63, 3.8) is 0 Å². The predicted octanol–water partition coefficient (Wildman–Crippen LogP) is 0.00990. The molecule has 2 rings (SSSR count). The molecule has 0 fully saturated rings. The summed E-state index contributed by atoms with van der Waals surface area (Å²) in [5, 5.41) is 57.4. The van der Waals surface area contributed by atoms with Gasteiger partial charge in [0.2, 0.25) is 0 Å². The Morgan fingerprint density at radius 1 is 0.783 bits per heavy atom. The minimum absolute atomic E-state index is 0. The summed E-state index contributed by atoms with van der Waals surface area (Å²) in [7, 11) is 0. The zero-order valence-electron chi connectivity index (χ0n) is 11.5. The first-order valence-electron chi connectivity index (χ1n) is 5.88. The molecule has 0 aliphatic carbocycles. The van der Waals surface area contributed by atoms with Gasteiger partial charge in [0, 0.05) is 29.2 Å². The topological polar surface area (TPSA) is 157 Å². The van der Waals surface area contributed by atoms with E-state index >= 15 is 0 Å². The molecule has 2 aromatic carbocycles. The molecule has 0 amide bonds. The van der Waals surface area contributed by atoms with Gasteiger partial charge < -0.3 is 30.8 Å². The van der Waals surface area contributed by atoms with Gasteiger partial charge in [-0.3, -0.25) is 0 Å². The number of nitrogens with zero attached hydrogens (tertiary/aromatic N) is 2. The number of hydrogen-bond donors (Lipinski definition) is 2. The number of benzene rings is 2. The molecule has 127 valence electrons. The second kappa shape index (κ2) is 9.93. The molecule has 0 saturated heterocycles. The Balaban J connectivity index is 0.000000403. The van der Waals surface area contributed by atoms with Gasteiger partial charge in [-0.05, 0) is 12.1 Å². The van der Waals surface area contributed by atoms with Gasteiger partial charge in [0.15, 0.2) is 0 Å². The van der Waals surface area contributed by atoms with Gasteiger partial charge in [-0.2, -0.15) is 0 Å². The summed E-state index contributed by atoms with van der Waals surface area (Å²) in [6.07, 6.45) is 2.23. The molecule has 0 aromatic heterocycles. The second-order valence-corrected chi connectivity index (χ2v) is 3.99. The van der Waals surface area contributed by atoms with Crippen LogP contribution in [0.4, 0.5) is 0 Å². The molecule has 0 heterocycles. The van der Waals surface area contributed by atoms with E-state index in [9.17, 15) is 10.2 Å². The zero-order valence-corrected chi connectivity index (χ0v) is 12.5. The summed E-state index contributed by atoms with van der Waals surface area (Å²) >= 11 is 0. The predicted molar refractivity (Wildman–Crippen MR) is 76.7 cm³/mol. The molecule has 0 aliphatic rings. The Morgan fingerprint density at radius 2 is 1.13 bits per heavy atom. The van der Waals surface area contributed by atoms with Crippen LogP contribution in [0.15, 0.2) is 46.7 Å². The first-order valence-corrected chi connectivity index (χ1v) is 5.88. The number of rotatable bonds is 2. The van der Waals surface area contributed by atoms with Gasteiger partial charge >= 0.3 is 0 Å². The van der Waals surface area contributed by atoms with Crippen molar-refractivity contribution in [3.8, 4) is 23.0 Å². The van der Waals surface area contributed by atoms with Crippen molar-refractivity contribution < 1.29 is 47.9 Å². The Kier molecular flexibility index (Phi) is 8.68. The van der Waals surface area contributed by atoms with Crippen molar-refractivity contribution in [2.24, 2.45) is 10.3 Å². The van der Waals surface area contributed by atoms with E-state index in [0.29, 0.717) is 11.1 Å². The van der Waals surface area contributed by atoms with E-state index < -0.39 is 0 Å². The van der Waals surface area contributed by atoms with Crippen molar-refractivity contribution in [1.82, 2.24) is 0 Å². The van der Waals surface area contributed by atoms with Crippen LogP contribution in [0, 0.1) is 0 Å². The van der Waals surface area contributed by atoms with Crippen molar-refractivity contribution in [2.75, 3.05) is 0 Å². The fourth-order valence-electron chi connectivity index (χ4n) is 1.42. The molecule has 1 radical (unpaired) electrons. The Morgan fingerprint density at radius 3 is 1.39 bits per heavy atom. The quantitative estimate of drug-likeness (QED) is 0.251. The molecule has 2 aromatic rings. The zero-order chi connectivity index (χ0) is 16.5. The monoisotopic (exact) mass is 369 g/mol. The standard InChI is InChI=1S/2C7H7NO3.Cu/c2*9-6-2-1-5(4-8-11)7(10)3-6;/h2*1-4,9-11H;/b2*8-4+;. The third kappa shape index (κ3) is 6.60. The van der Waals surface area contributed by atoms with Crippen LogP contribution in [0.2, 0.25) is 0 Å². The molecule has 0 atom stereocenters. The van der Waals surface area contributed by atoms with Gasteiger partial charge in [0.1, 0.15) is 0 Å². The maximum atomic E-state index is 10.6. The van der Waals surface area contributed by atoms with E-state index in [1.165, 1.54) is 24.3 Å². The van der Waals surface area contributed by atoms with Crippen molar-refractivity contribution in [1.29, 1.82) is 0 Å². The van der Waals surface area contributed by atoms with Crippen LogP contribution in [0.5, 0.6) is 23.0 Å². The Hall–Kier alpha value is -2.90. The van der Waals surface area contributed by atoms with E-state index in [0.717, 1.165) is 24.6 Å². The van der Waals surface area contributed by atoms with E-state index in [4.69, 9.17) is 20.6 Å². The SMILES string of the molecule is [Cu].[O-]c1ccc(/C=N/O)c([OH2+])c1.[O-]c1ccc(/C=N/O)c([OH2+])c1. The van der Waals surface area contributed by atoms with Crippen LogP contribution >= 0.6 is 0 Å². The molecule has 9 heteroatoms. The molecule has 0 aliphatic heterocycles. The normalized spacial score (nSPS) is 10.1. The summed E-state index contributed by atoms with van der Waals surface area (Å²) in [6, 6.07) is 7.83. The summed E-state index contributed by atoms with van der Waals surface area (Å²) in [4.78, 5) is 0. The summed E-state index contributed by atoms with van der Waals surface area (Å²) in [5.74, 6) is -0.305. The van der Waals surface area contributed by atoms with Crippen molar-refractivity contribution in [3.05, 3.63) is 47.5 Å². The first kappa shape index (κ1) is 20.1. The minimum atomic E-state index is -0.218. The van der Waals surface area contributed by atoms with E-state index in [1.54, 1.807) is 0 Å². The largest absolute Gasteiger partial charge is 0.872 e. The maximum absolute atomic E-state index is 10.6. The van der Waals surface area contributed by atoms with E-state index in [1.807, 2.05) is 0 Å². The molecule has 0 unspecified atom stereocenters. The summed E-state index contributed by atoms with van der Waals surface area (Å²) in [6.45, 7) is 0. The number of oxime groups is 2. The van der Waals surface area contributed by atoms with Crippen LogP contribution in [0.25, 0.3) is 0 Å². The van der Waals surface area contributed by atoms with Crippen LogP contribution in [0.1, 0.15) is 11.1 Å². The van der Waals surface area contributed by atoms with Crippen LogP contribution in [-0.2, 0) is 17.1 Å².